The highest BCUT2D eigenvalue weighted by atomic mass is 127. The van der Waals surface area contributed by atoms with Crippen molar-refractivity contribution in [2.75, 3.05) is 19.6 Å². The lowest BCUT2D eigenvalue weighted by molar-refractivity contribution is 0.0672. The highest BCUT2D eigenvalue weighted by Crippen LogP contribution is 2.20. The van der Waals surface area contributed by atoms with E-state index in [1.54, 1.807) is 13.8 Å². The third-order valence-electron chi connectivity index (χ3n) is 3.49. The van der Waals surface area contributed by atoms with E-state index in [9.17, 15) is 5.11 Å². The predicted molar refractivity (Wildman–Crippen MR) is 108 cm³/mol. The molecule has 2 aromatic rings. The first kappa shape index (κ1) is 21.4. The van der Waals surface area contributed by atoms with Gasteiger partial charge in [0.25, 0.3) is 0 Å². The second-order valence-corrected chi connectivity index (χ2v) is 5.75. The van der Waals surface area contributed by atoms with Crippen LogP contribution in [0.2, 0.25) is 0 Å². The molecule has 0 spiro atoms. The van der Waals surface area contributed by atoms with Crippen LogP contribution >= 0.6 is 24.0 Å². The van der Waals surface area contributed by atoms with Crippen LogP contribution in [-0.4, -0.2) is 40.8 Å². The average Bonchev–Trinajstić information content (AvgIpc) is 2.99. The molecule has 1 heterocycles. The van der Waals surface area contributed by atoms with E-state index >= 15 is 0 Å². The summed E-state index contributed by atoms with van der Waals surface area (Å²) in [5, 5.41) is 20.7. The molecular formula is C17H26IN5O2. The van der Waals surface area contributed by atoms with Crippen LogP contribution in [0.4, 0.5) is 0 Å². The number of nitrogens with zero attached hydrogens (tertiary/aromatic N) is 3. The van der Waals surface area contributed by atoms with Gasteiger partial charge in [0.05, 0.1) is 6.54 Å². The van der Waals surface area contributed by atoms with Crippen molar-refractivity contribution >= 4 is 29.9 Å². The number of rotatable bonds is 7. The Morgan fingerprint density at radius 1 is 1.28 bits per heavy atom. The van der Waals surface area contributed by atoms with E-state index in [4.69, 9.17) is 4.52 Å². The van der Waals surface area contributed by atoms with E-state index in [0.717, 1.165) is 12.1 Å². The van der Waals surface area contributed by atoms with Crippen molar-refractivity contribution < 1.29 is 9.63 Å². The van der Waals surface area contributed by atoms with Gasteiger partial charge in [-0.05, 0) is 26.3 Å². The maximum atomic E-state index is 10.6. The highest BCUT2D eigenvalue weighted by molar-refractivity contribution is 14.0. The van der Waals surface area contributed by atoms with Crippen LogP contribution in [0.15, 0.2) is 39.8 Å². The summed E-state index contributed by atoms with van der Waals surface area (Å²) < 4.78 is 5.08. The summed E-state index contributed by atoms with van der Waals surface area (Å²) in [6.45, 7) is 7.15. The molecule has 1 atom stereocenters. The molecule has 0 aliphatic heterocycles. The molecular weight excluding hydrogens is 433 g/mol. The number of aromatic nitrogens is 2. The van der Waals surface area contributed by atoms with Gasteiger partial charge in [0.15, 0.2) is 11.8 Å². The molecule has 1 aromatic carbocycles. The van der Waals surface area contributed by atoms with Crippen molar-refractivity contribution in [3.05, 3.63) is 47.6 Å². The number of aliphatic imine (C=N–C) groups is 1. The molecule has 0 aliphatic carbocycles. The summed E-state index contributed by atoms with van der Waals surface area (Å²) in [6, 6.07) is 9.53. The van der Waals surface area contributed by atoms with Crippen LogP contribution in [0.1, 0.15) is 31.1 Å². The molecule has 0 radical (unpaired) electrons. The topological polar surface area (TPSA) is 95.6 Å². The van der Waals surface area contributed by atoms with Crippen molar-refractivity contribution in [2.24, 2.45) is 4.99 Å². The van der Waals surface area contributed by atoms with Gasteiger partial charge in [-0.15, -0.1) is 24.0 Å². The molecule has 0 saturated carbocycles. The van der Waals surface area contributed by atoms with Gasteiger partial charge in [-0.25, -0.2) is 4.99 Å². The molecule has 25 heavy (non-hydrogen) atoms. The van der Waals surface area contributed by atoms with E-state index in [2.05, 4.69) is 25.8 Å². The van der Waals surface area contributed by atoms with E-state index in [-0.39, 0.29) is 30.5 Å². The van der Waals surface area contributed by atoms with Gasteiger partial charge in [0.1, 0.15) is 5.60 Å². The second-order valence-electron chi connectivity index (χ2n) is 5.75. The fourth-order valence-corrected chi connectivity index (χ4v) is 2.19. The molecule has 138 valence electrons. The molecule has 0 bridgehead atoms. The number of benzene rings is 1. The fourth-order valence-electron chi connectivity index (χ4n) is 2.19. The molecule has 7 nitrogen and oxygen atoms in total. The molecule has 0 aliphatic rings. The first-order valence-corrected chi connectivity index (χ1v) is 8.10. The normalized spacial score (nSPS) is 13.7. The molecule has 2 rings (SSSR count). The first-order valence-electron chi connectivity index (χ1n) is 8.10. The van der Waals surface area contributed by atoms with Crippen molar-refractivity contribution in [1.82, 2.24) is 20.8 Å². The third-order valence-corrected chi connectivity index (χ3v) is 3.49. The lowest BCUT2D eigenvalue weighted by Crippen LogP contribution is -2.39. The SMILES string of the molecule is CCNC(=NCC(C)(O)c1ccccc1)NCCc1nc(C)no1.I. The Kier molecular flexibility index (Phi) is 8.84. The van der Waals surface area contributed by atoms with Gasteiger partial charge in [-0.1, -0.05) is 35.5 Å². The van der Waals surface area contributed by atoms with Crippen LogP contribution in [0.5, 0.6) is 0 Å². The Balaban J connectivity index is 0.00000312. The zero-order valence-electron chi connectivity index (χ0n) is 14.8. The lowest BCUT2D eigenvalue weighted by Gasteiger charge is -2.22. The van der Waals surface area contributed by atoms with E-state index < -0.39 is 5.60 Å². The summed E-state index contributed by atoms with van der Waals surface area (Å²) in [6.07, 6.45) is 0.611. The van der Waals surface area contributed by atoms with Crippen molar-refractivity contribution in [3.8, 4) is 0 Å². The fraction of sp³-hybridized carbons (Fsp3) is 0.471. The largest absolute Gasteiger partial charge is 0.384 e. The second kappa shape index (κ2) is 10.3. The van der Waals surface area contributed by atoms with Gasteiger partial charge in [-0.2, -0.15) is 4.98 Å². The van der Waals surface area contributed by atoms with Crippen LogP contribution in [-0.2, 0) is 12.0 Å². The standard InChI is InChI=1S/C17H25N5O2.HI/c1-4-18-16(19-11-10-15-21-13(2)22-24-15)20-12-17(3,23)14-8-6-5-7-9-14;/h5-9,23H,4,10-12H2,1-3H3,(H2,18,19,20);1H. The maximum Gasteiger partial charge on any atom is 0.228 e. The predicted octanol–water partition coefficient (Wildman–Crippen LogP) is 2.00. The van der Waals surface area contributed by atoms with Gasteiger partial charge in [0, 0.05) is 19.5 Å². The molecule has 1 aromatic heterocycles. The summed E-state index contributed by atoms with van der Waals surface area (Å²) >= 11 is 0. The number of hydrogen-bond donors (Lipinski definition) is 3. The minimum absolute atomic E-state index is 0. The zero-order chi connectivity index (χ0) is 17.4. The third kappa shape index (κ3) is 6.99. The zero-order valence-corrected chi connectivity index (χ0v) is 17.2. The molecule has 3 N–H and O–H groups in total. The molecule has 1 unspecified atom stereocenters. The molecule has 0 saturated heterocycles. The Labute approximate surface area is 165 Å². The van der Waals surface area contributed by atoms with E-state index in [0.29, 0.717) is 30.6 Å². The van der Waals surface area contributed by atoms with Crippen molar-refractivity contribution in [3.63, 3.8) is 0 Å². The summed E-state index contributed by atoms with van der Waals surface area (Å²) in [5.74, 6) is 1.86. The number of aryl methyl sites for hydroxylation is 1. The summed E-state index contributed by atoms with van der Waals surface area (Å²) in [5.41, 5.74) is -0.182. The first-order chi connectivity index (χ1) is 11.5. The van der Waals surface area contributed by atoms with Gasteiger partial charge < -0.3 is 20.3 Å². The van der Waals surface area contributed by atoms with Gasteiger partial charge in [0.2, 0.25) is 5.89 Å². The summed E-state index contributed by atoms with van der Waals surface area (Å²) in [7, 11) is 0. The number of halogens is 1. The quantitative estimate of drug-likeness (QED) is 0.333. The molecule has 8 heteroatoms. The molecule has 0 fully saturated rings. The Morgan fingerprint density at radius 3 is 2.60 bits per heavy atom. The minimum Gasteiger partial charge on any atom is -0.384 e. The Morgan fingerprint density at radius 2 is 2.00 bits per heavy atom. The lowest BCUT2D eigenvalue weighted by atomic mass is 9.96. The van der Waals surface area contributed by atoms with Crippen molar-refractivity contribution in [1.29, 1.82) is 0 Å². The Bertz CT molecular complexity index is 658. The average molecular weight is 459 g/mol. The van der Waals surface area contributed by atoms with Crippen LogP contribution < -0.4 is 10.6 Å². The van der Waals surface area contributed by atoms with Crippen LogP contribution in [0.3, 0.4) is 0 Å². The Hall–Kier alpha value is -1.68. The van der Waals surface area contributed by atoms with Crippen LogP contribution in [0, 0.1) is 6.92 Å². The van der Waals surface area contributed by atoms with Gasteiger partial charge in [-0.3, -0.25) is 0 Å². The monoisotopic (exact) mass is 459 g/mol. The number of aliphatic hydroxyl groups is 1. The highest BCUT2D eigenvalue weighted by Gasteiger charge is 2.22. The van der Waals surface area contributed by atoms with Crippen LogP contribution in [0.25, 0.3) is 0 Å². The number of guanidine groups is 1. The minimum atomic E-state index is -1.02. The maximum absolute atomic E-state index is 10.6. The van der Waals surface area contributed by atoms with Crippen molar-refractivity contribution in [2.45, 2.75) is 32.8 Å². The van der Waals surface area contributed by atoms with E-state index in [1.165, 1.54) is 0 Å². The summed E-state index contributed by atoms with van der Waals surface area (Å²) in [4.78, 5) is 8.64. The van der Waals surface area contributed by atoms with Gasteiger partial charge >= 0.3 is 0 Å². The number of hydrogen-bond acceptors (Lipinski definition) is 5. The van der Waals surface area contributed by atoms with E-state index in [1.807, 2.05) is 37.3 Å². The molecule has 0 amide bonds. The number of nitrogens with one attached hydrogen (secondary N) is 2. The smallest absolute Gasteiger partial charge is 0.228 e.